The van der Waals surface area contributed by atoms with Crippen molar-refractivity contribution < 1.29 is 4.74 Å². The molecule has 1 spiro atoms. The molecule has 1 aliphatic carbocycles. The topological polar surface area (TPSA) is 48.9 Å². The van der Waals surface area contributed by atoms with Gasteiger partial charge in [-0.15, -0.1) is 0 Å². The van der Waals surface area contributed by atoms with Gasteiger partial charge in [-0.2, -0.15) is 0 Å². The number of aliphatic imine (C=N–C) groups is 1. The number of hydrogen-bond acceptors (Lipinski definition) is 3. The molecule has 1 saturated carbocycles. The van der Waals surface area contributed by atoms with Crippen molar-refractivity contribution in [3.8, 4) is 5.75 Å². The van der Waals surface area contributed by atoms with Gasteiger partial charge in [-0.25, -0.2) is 0 Å². The van der Waals surface area contributed by atoms with Crippen LogP contribution in [0.1, 0.15) is 50.1 Å². The van der Waals surface area contributed by atoms with Gasteiger partial charge < -0.3 is 20.3 Å². The second kappa shape index (κ2) is 7.24. The number of guanidine groups is 1. The van der Waals surface area contributed by atoms with Crippen LogP contribution in [-0.4, -0.2) is 49.7 Å². The normalized spacial score (nSPS) is 25.2. The quantitative estimate of drug-likeness (QED) is 0.652. The van der Waals surface area contributed by atoms with E-state index in [1.807, 2.05) is 7.05 Å². The zero-order valence-electron chi connectivity index (χ0n) is 15.3. The average Bonchev–Trinajstić information content (AvgIpc) is 3.03. The van der Waals surface area contributed by atoms with Crippen LogP contribution in [0.4, 0.5) is 0 Å². The number of hydrogen-bond donors (Lipinski definition) is 2. The smallest absolute Gasteiger partial charge is 0.191 e. The Balaban J connectivity index is 1.43. The minimum absolute atomic E-state index is 0.0164. The van der Waals surface area contributed by atoms with Crippen LogP contribution in [-0.2, 0) is 0 Å². The summed E-state index contributed by atoms with van der Waals surface area (Å²) in [6.07, 6.45) is 7.25. The summed E-state index contributed by atoms with van der Waals surface area (Å²) in [6.45, 7) is 4.51. The third kappa shape index (κ3) is 3.61. The maximum atomic E-state index is 6.45. The number of fused-ring (bicyclic) bond motifs is 1. The van der Waals surface area contributed by atoms with Gasteiger partial charge in [-0.05, 0) is 51.3 Å². The fourth-order valence-electron chi connectivity index (χ4n) is 4.37. The van der Waals surface area contributed by atoms with Crippen molar-refractivity contribution >= 4 is 5.96 Å². The monoisotopic (exact) mass is 342 g/mol. The third-order valence-electron chi connectivity index (χ3n) is 5.92. The Kier molecular flexibility index (Phi) is 4.84. The van der Waals surface area contributed by atoms with Gasteiger partial charge in [0.1, 0.15) is 11.4 Å². The first-order valence-corrected chi connectivity index (χ1v) is 9.75. The molecule has 0 bridgehead atoms. The van der Waals surface area contributed by atoms with Crippen LogP contribution < -0.4 is 15.4 Å². The fourth-order valence-corrected chi connectivity index (χ4v) is 4.37. The zero-order valence-corrected chi connectivity index (χ0v) is 15.3. The summed E-state index contributed by atoms with van der Waals surface area (Å²) in [4.78, 5) is 6.92. The van der Waals surface area contributed by atoms with E-state index in [1.54, 1.807) is 0 Å². The van der Waals surface area contributed by atoms with E-state index in [1.165, 1.54) is 50.8 Å². The second-order valence-corrected chi connectivity index (χ2v) is 7.63. The zero-order chi connectivity index (χ0) is 17.1. The van der Waals surface area contributed by atoms with Gasteiger partial charge in [0.2, 0.25) is 0 Å². The number of nitrogens with one attached hydrogen (secondary N) is 2. The molecule has 0 amide bonds. The SMILES string of the molecule is CN=C(NCCN1CCC1)NC1CC2(CCCC2)Oc2ccccc21. The van der Waals surface area contributed by atoms with Crippen molar-refractivity contribution in [3.05, 3.63) is 29.8 Å². The van der Waals surface area contributed by atoms with E-state index in [0.717, 1.165) is 31.2 Å². The lowest BCUT2D eigenvalue weighted by Gasteiger charge is -2.40. The van der Waals surface area contributed by atoms with Crippen LogP contribution in [0, 0.1) is 0 Å². The molecule has 1 saturated heterocycles. The Morgan fingerprint density at radius 2 is 2.04 bits per heavy atom. The van der Waals surface area contributed by atoms with Crippen molar-refractivity contribution in [3.63, 3.8) is 0 Å². The van der Waals surface area contributed by atoms with Crippen LogP contribution in [0.3, 0.4) is 0 Å². The lowest BCUT2D eigenvalue weighted by Crippen LogP contribution is -2.48. The first-order chi connectivity index (χ1) is 12.3. The van der Waals surface area contributed by atoms with Gasteiger partial charge in [0.25, 0.3) is 0 Å². The highest BCUT2D eigenvalue weighted by atomic mass is 16.5. The summed E-state index contributed by atoms with van der Waals surface area (Å²) in [5.41, 5.74) is 1.27. The Bertz CT molecular complexity index is 620. The minimum atomic E-state index is 0.0164. The highest BCUT2D eigenvalue weighted by Crippen LogP contribution is 2.46. The number of rotatable bonds is 4. The Hall–Kier alpha value is -1.75. The molecule has 2 N–H and O–H groups in total. The molecule has 1 aromatic rings. The van der Waals surface area contributed by atoms with E-state index in [9.17, 15) is 0 Å². The molecule has 0 radical (unpaired) electrons. The molecule has 4 rings (SSSR count). The van der Waals surface area contributed by atoms with E-state index in [-0.39, 0.29) is 11.6 Å². The molecule has 2 aliphatic heterocycles. The number of benzene rings is 1. The van der Waals surface area contributed by atoms with Crippen molar-refractivity contribution in [2.24, 2.45) is 4.99 Å². The average molecular weight is 342 g/mol. The van der Waals surface area contributed by atoms with Gasteiger partial charge in [0.05, 0.1) is 6.04 Å². The van der Waals surface area contributed by atoms with Gasteiger partial charge in [-0.1, -0.05) is 18.2 Å². The van der Waals surface area contributed by atoms with Crippen LogP contribution in [0.5, 0.6) is 5.75 Å². The first-order valence-electron chi connectivity index (χ1n) is 9.75. The minimum Gasteiger partial charge on any atom is -0.487 e. The van der Waals surface area contributed by atoms with Gasteiger partial charge in [-0.3, -0.25) is 4.99 Å². The van der Waals surface area contributed by atoms with Crippen LogP contribution >= 0.6 is 0 Å². The summed E-state index contributed by atoms with van der Waals surface area (Å²) >= 11 is 0. The number of likely N-dealkylation sites (tertiary alicyclic amines) is 1. The van der Waals surface area contributed by atoms with E-state index in [4.69, 9.17) is 4.74 Å². The lowest BCUT2D eigenvalue weighted by atomic mass is 9.86. The summed E-state index contributed by atoms with van der Waals surface area (Å²) < 4.78 is 6.45. The Labute approximate surface area is 150 Å². The highest BCUT2D eigenvalue weighted by Gasteiger charge is 2.43. The summed E-state index contributed by atoms with van der Waals surface area (Å²) in [5.74, 6) is 1.94. The molecule has 1 atom stereocenters. The molecular formula is C20H30N4O. The van der Waals surface area contributed by atoms with Crippen LogP contribution in [0.25, 0.3) is 0 Å². The van der Waals surface area contributed by atoms with Crippen molar-refractivity contribution in [1.82, 2.24) is 15.5 Å². The summed E-state index contributed by atoms with van der Waals surface area (Å²) in [7, 11) is 1.86. The molecule has 3 aliphatic rings. The predicted octanol–water partition coefficient (Wildman–Crippen LogP) is 2.69. The largest absolute Gasteiger partial charge is 0.487 e. The van der Waals surface area contributed by atoms with Crippen molar-refractivity contribution in [2.75, 3.05) is 33.2 Å². The lowest BCUT2D eigenvalue weighted by molar-refractivity contribution is 0.0396. The number of nitrogens with zero attached hydrogens (tertiary/aromatic N) is 2. The number of ether oxygens (including phenoxy) is 1. The summed E-state index contributed by atoms with van der Waals surface area (Å²) in [6, 6.07) is 8.73. The Morgan fingerprint density at radius 3 is 2.76 bits per heavy atom. The third-order valence-corrected chi connectivity index (χ3v) is 5.92. The molecule has 5 nitrogen and oxygen atoms in total. The van der Waals surface area contributed by atoms with Gasteiger partial charge in [0.15, 0.2) is 5.96 Å². The molecule has 2 fully saturated rings. The number of para-hydroxylation sites is 1. The Morgan fingerprint density at radius 1 is 1.24 bits per heavy atom. The van der Waals surface area contributed by atoms with E-state index in [2.05, 4.69) is 44.8 Å². The maximum Gasteiger partial charge on any atom is 0.191 e. The van der Waals surface area contributed by atoms with Crippen molar-refractivity contribution in [1.29, 1.82) is 0 Å². The molecule has 25 heavy (non-hydrogen) atoms. The molecule has 0 aromatic heterocycles. The van der Waals surface area contributed by atoms with Crippen LogP contribution in [0.15, 0.2) is 29.3 Å². The predicted molar refractivity (Wildman–Crippen MR) is 101 cm³/mol. The fraction of sp³-hybridized carbons (Fsp3) is 0.650. The molecule has 136 valence electrons. The second-order valence-electron chi connectivity index (χ2n) is 7.63. The van der Waals surface area contributed by atoms with Crippen LogP contribution in [0.2, 0.25) is 0 Å². The molecule has 1 aromatic carbocycles. The standard InChI is InChI=1S/C20H30N4O/c1-21-19(22-11-14-24-12-6-13-24)23-17-15-20(9-4-5-10-20)25-18-8-3-2-7-16(17)18/h2-3,7-8,17H,4-6,9-15H2,1H3,(H2,21,22,23). The van der Waals surface area contributed by atoms with E-state index in [0.29, 0.717) is 0 Å². The molecular weight excluding hydrogens is 312 g/mol. The highest BCUT2D eigenvalue weighted by molar-refractivity contribution is 5.80. The molecule has 5 heteroatoms. The maximum absolute atomic E-state index is 6.45. The first kappa shape index (κ1) is 16.7. The van der Waals surface area contributed by atoms with Crippen molar-refractivity contribution in [2.45, 2.75) is 50.2 Å². The molecule has 2 heterocycles. The van der Waals surface area contributed by atoms with E-state index < -0.39 is 0 Å². The summed E-state index contributed by atoms with van der Waals surface area (Å²) in [5, 5.41) is 7.15. The van der Waals surface area contributed by atoms with Gasteiger partial charge in [0, 0.05) is 32.1 Å². The molecule has 1 unspecified atom stereocenters. The van der Waals surface area contributed by atoms with E-state index >= 15 is 0 Å². The van der Waals surface area contributed by atoms with Gasteiger partial charge >= 0.3 is 0 Å².